The third-order valence-electron chi connectivity index (χ3n) is 0.236. The number of hydrogen-bond acceptors (Lipinski definition) is 4. The van der Waals surface area contributed by atoms with Crippen molar-refractivity contribution in [1.29, 1.82) is 0 Å². The molecule has 0 saturated carbocycles. The van der Waals surface area contributed by atoms with Gasteiger partial charge in [-0.1, -0.05) is 0 Å². The van der Waals surface area contributed by atoms with Gasteiger partial charge in [-0.3, -0.25) is 4.21 Å². The van der Waals surface area contributed by atoms with Crippen LogP contribution in [-0.4, -0.2) is 20.5 Å². The number of hydrogen-bond donors (Lipinski definition) is 0. The zero-order valence-corrected chi connectivity index (χ0v) is 10.1. The summed E-state index contributed by atoms with van der Waals surface area (Å²) in [6, 6.07) is 0. The van der Waals surface area contributed by atoms with E-state index in [0.717, 1.165) is 0 Å². The minimum atomic E-state index is -2.51. The van der Waals surface area contributed by atoms with Crippen LogP contribution in [0, 0.1) is 0 Å². The van der Waals surface area contributed by atoms with E-state index in [9.17, 15) is 18.7 Å². The van der Waals surface area contributed by atoms with Crippen molar-refractivity contribution in [3.05, 3.63) is 0 Å². The number of carboxylic acids is 1. The van der Waals surface area contributed by atoms with Crippen molar-refractivity contribution in [2.75, 3.05) is 5.75 Å². The van der Waals surface area contributed by atoms with Crippen molar-refractivity contribution in [3.63, 3.8) is 0 Å². The standard InChI is InChI=1S/C2H4O4S.2Na/c3-2(4)1-7(5)6;;/h1H2,(H,3,4)(H,5,6);;/q;2*+1/p-2. The van der Waals surface area contributed by atoms with Crippen LogP contribution in [0.4, 0.5) is 0 Å². The summed E-state index contributed by atoms with van der Waals surface area (Å²) < 4.78 is 18.8. The second-order valence-corrected chi connectivity index (χ2v) is 1.72. The van der Waals surface area contributed by atoms with Gasteiger partial charge in [0.15, 0.2) is 0 Å². The molecule has 9 heavy (non-hydrogen) atoms. The van der Waals surface area contributed by atoms with Gasteiger partial charge in [0.2, 0.25) is 0 Å². The average molecular weight is 168 g/mol. The maximum absolute atomic E-state index is 9.39. The molecule has 4 nitrogen and oxygen atoms in total. The van der Waals surface area contributed by atoms with E-state index in [1.54, 1.807) is 0 Å². The van der Waals surface area contributed by atoms with E-state index in [-0.39, 0.29) is 59.1 Å². The van der Waals surface area contributed by atoms with Gasteiger partial charge in [0, 0.05) is 5.75 Å². The summed E-state index contributed by atoms with van der Waals surface area (Å²) in [7, 11) is 0. The molecule has 0 rings (SSSR count). The maximum atomic E-state index is 9.39. The summed E-state index contributed by atoms with van der Waals surface area (Å²) in [6.07, 6.45) is 0. The Bertz CT molecular complexity index is 92.7. The molecule has 0 saturated heterocycles. The molecular formula is C2H2Na2O4S. The molecule has 0 fully saturated rings. The van der Waals surface area contributed by atoms with Crippen LogP contribution >= 0.6 is 0 Å². The Kier molecular flexibility index (Phi) is 18.0. The van der Waals surface area contributed by atoms with Crippen LogP contribution in [0.1, 0.15) is 0 Å². The molecule has 0 aliphatic heterocycles. The molecule has 0 N–H and O–H groups in total. The fourth-order valence-corrected chi connectivity index (χ4v) is 0.289. The van der Waals surface area contributed by atoms with Crippen LogP contribution in [0.5, 0.6) is 0 Å². The first-order valence-electron chi connectivity index (χ1n) is 1.38. The van der Waals surface area contributed by atoms with Gasteiger partial charge in [-0.15, -0.1) is 0 Å². The van der Waals surface area contributed by atoms with E-state index in [4.69, 9.17) is 0 Å². The molecule has 0 radical (unpaired) electrons. The van der Waals surface area contributed by atoms with Gasteiger partial charge in [0.25, 0.3) is 0 Å². The molecule has 42 valence electrons. The normalized spacial score (nSPS) is 10.3. The van der Waals surface area contributed by atoms with E-state index >= 15 is 0 Å². The third kappa shape index (κ3) is 17.7. The van der Waals surface area contributed by atoms with Gasteiger partial charge >= 0.3 is 59.1 Å². The first kappa shape index (κ1) is 16.9. The molecular weight excluding hydrogens is 166 g/mol. The molecule has 0 aromatic rings. The summed E-state index contributed by atoms with van der Waals surface area (Å²) in [5.74, 6) is -2.49. The van der Waals surface area contributed by atoms with Crippen LogP contribution in [0.15, 0.2) is 0 Å². The molecule has 0 aliphatic carbocycles. The van der Waals surface area contributed by atoms with Crippen LogP contribution in [0.2, 0.25) is 0 Å². The Morgan fingerprint density at radius 2 is 1.78 bits per heavy atom. The van der Waals surface area contributed by atoms with Crippen LogP contribution in [0.3, 0.4) is 0 Å². The van der Waals surface area contributed by atoms with Crippen LogP contribution in [0.25, 0.3) is 0 Å². The van der Waals surface area contributed by atoms with Crippen molar-refractivity contribution in [1.82, 2.24) is 0 Å². The van der Waals surface area contributed by atoms with E-state index in [1.807, 2.05) is 0 Å². The van der Waals surface area contributed by atoms with Crippen molar-refractivity contribution in [2.24, 2.45) is 0 Å². The van der Waals surface area contributed by atoms with E-state index in [0.29, 0.717) is 0 Å². The molecule has 7 heteroatoms. The Labute approximate surface area is 99.3 Å². The third-order valence-corrected chi connectivity index (χ3v) is 0.707. The summed E-state index contributed by atoms with van der Waals surface area (Å²) in [5.41, 5.74) is 0. The molecule has 0 amide bonds. The predicted molar refractivity (Wildman–Crippen MR) is 18.8 cm³/mol. The Hall–Kier alpha value is 1.58. The van der Waals surface area contributed by atoms with Gasteiger partial charge < -0.3 is 14.5 Å². The number of carbonyl (C=O) groups excluding carboxylic acids is 1. The number of carbonyl (C=O) groups is 1. The molecule has 0 spiro atoms. The first-order chi connectivity index (χ1) is 3.13. The summed E-state index contributed by atoms with van der Waals surface area (Å²) >= 11 is -2.51. The van der Waals surface area contributed by atoms with Gasteiger partial charge in [-0.2, -0.15) is 0 Å². The number of aliphatic carboxylic acids is 1. The smallest absolute Gasteiger partial charge is 0.772 e. The zero-order valence-electron chi connectivity index (χ0n) is 5.25. The molecule has 0 aliphatic rings. The Morgan fingerprint density at radius 3 is 1.78 bits per heavy atom. The van der Waals surface area contributed by atoms with E-state index in [2.05, 4.69) is 0 Å². The Balaban J connectivity index is -0.000000180. The topological polar surface area (TPSA) is 80.3 Å². The summed E-state index contributed by atoms with van der Waals surface area (Å²) in [5, 5.41) is 9.31. The van der Waals surface area contributed by atoms with Gasteiger partial charge in [0.05, 0.1) is 5.97 Å². The molecule has 0 bridgehead atoms. The van der Waals surface area contributed by atoms with Crippen LogP contribution < -0.4 is 64.2 Å². The molecule has 0 aromatic heterocycles. The van der Waals surface area contributed by atoms with Gasteiger partial charge in [-0.25, -0.2) is 0 Å². The number of carboxylic acid groups (broad SMARTS) is 1. The van der Waals surface area contributed by atoms with Gasteiger partial charge in [-0.05, 0) is 11.1 Å². The van der Waals surface area contributed by atoms with Crippen molar-refractivity contribution in [2.45, 2.75) is 0 Å². The fraction of sp³-hybridized carbons (Fsp3) is 0.500. The molecule has 1 atom stereocenters. The quantitative estimate of drug-likeness (QED) is 0.303. The van der Waals surface area contributed by atoms with E-state index < -0.39 is 22.8 Å². The largest absolute Gasteiger partial charge is 1.00 e. The molecule has 0 heterocycles. The fourth-order valence-electron chi connectivity index (χ4n) is 0.0962. The molecule has 1 unspecified atom stereocenters. The number of rotatable bonds is 2. The average Bonchev–Trinajstić information content (AvgIpc) is 1.27. The van der Waals surface area contributed by atoms with Crippen molar-refractivity contribution < 1.29 is 77.8 Å². The summed E-state index contributed by atoms with van der Waals surface area (Å²) in [4.78, 5) is 9.31. The van der Waals surface area contributed by atoms with Gasteiger partial charge in [0.1, 0.15) is 0 Å². The summed E-state index contributed by atoms with van der Waals surface area (Å²) in [6.45, 7) is 0. The van der Waals surface area contributed by atoms with Crippen LogP contribution in [-0.2, 0) is 15.9 Å². The minimum absolute atomic E-state index is 0. The molecule has 0 aromatic carbocycles. The minimum Gasteiger partial charge on any atom is -0.772 e. The van der Waals surface area contributed by atoms with Crippen molar-refractivity contribution in [3.8, 4) is 0 Å². The van der Waals surface area contributed by atoms with Crippen molar-refractivity contribution >= 4 is 17.0 Å². The second kappa shape index (κ2) is 9.58. The maximum Gasteiger partial charge on any atom is 1.00 e. The first-order valence-corrected chi connectivity index (χ1v) is 2.63. The SMILES string of the molecule is O=C([O-])CS(=O)[O-].[Na+].[Na+]. The predicted octanol–water partition coefficient (Wildman–Crippen LogP) is -8.38. The Morgan fingerprint density at radius 1 is 1.44 bits per heavy atom. The monoisotopic (exact) mass is 168 g/mol. The second-order valence-electron chi connectivity index (χ2n) is 0.820. The van der Waals surface area contributed by atoms with E-state index in [1.165, 1.54) is 0 Å². The zero-order chi connectivity index (χ0) is 5.86.